The fourth-order valence-corrected chi connectivity index (χ4v) is 3.31. The molecule has 1 saturated carbocycles. The van der Waals surface area contributed by atoms with E-state index in [0.29, 0.717) is 17.4 Å². The molecule has 0 radical (unpaired) electrons. The van der Waals surface area contributed by atoms with Crippen molar-refractivity contribution in [3.63, 3.8) is 0 Å². The Bertz CT molecular complexity index is 763. The smallest absolute Gasteiger partial charge is 0.258 e. The van der Waals surface area contributed by atoms with Gasteiger partial charge in [-0.15, -0.1) is 10.2 Å². The van der Waals surface area contributed by atoms with E-state index in [9.17, 15) is 9.59 Å². The predicted octanol–water partition coefficient (Wildman–Crippen LogP) is 2.85. The maximum atomic E-state index is 12.2. The maximum absolute atomic E-state index is 12.2. The fraction of sp³-hybridized carbons (Fsp3) is 0.474. The molecule has 0 unspecified atom stereocenters. The van der Waals surface area contributed by atoms with E-state index in [1.807, 2.05) is 6.92 Å². The van der Waals surface area contributed by atoms with Crippen molar-refractivity contribution in [2.45, 2.75) is 51.6 Å². The number of hydrogen-bond donors (Lipinski definition) is 1. The van der Waals surface area contributed by atoms with Crippen LogP contribution in [-0.4, -0.2) is 33.1 Å². The lowest BCUT2D eigenvalue weighted by Gasteiger charge is -2.18. The van der Waals surface area contributed by atoms with Crippen molar-refractivity contribution < 1.29 is 14.3 Å². The lowest BCUT2D eigenvalue weighted by molar-refractivity contribution is -0.123. The summed E-state index contributed by atoms with van der Waals surface area (Å²) in [5.41, 5.74) is 0.613. The minimum Gasteiger partial charge on any atom is -0.484 e. The van der Waals surface area contributed by atoms with E-state index in [4.69, 9.17) is 4.74 Å². The molecule has 3 rings (SSSR count). The zero-order valence-electron chi connectivity index (χ0n) is 15.1. The first-order chi connectivity index (χ1) is 12.5. The Balaban J connectivity index is 1.53. The molecule has 0 bridgehead atoms. The number of ketones is 1. The van der Waals surface area contributed by atoms with E-state index in [-0.39, 0.29) is 24.3 Å². The highest BCUT2D eigenvalue weighted by molar-refractivity contribution is 5.94. The van der Waals surface area contributed by atoms with Crippen LogP contribution in [0, 0.1) is 0 Å². The summed E-state index contributed by atoms with van der Waals surface area (Å²) < 4.78 is 7.57. The number of benzene rings is 1. The number of carbonyl (C=O) groups is 2. The molecule has 138 valence electrons. The molecule has 7 nitrogen and oxygen atoms in total. The molecule has 0 saturated heterocycles. The number of ether oxygens (including phenoxy) is 1. The monoisotopic (exact) mass is 356 g/mol. The average Bonchev–Trinajstić information content (AvgIpc) is 3.31. The topological polar surface area (TPSA) is 86.1 Å². The zero-order chi connectivity index (χ0) is 18.5. The first kappa shape index (κ1) is 18.1. The minimum atomic E-state index is -0.241. The number of rotatable bonds is 7. The number of nitrogens with one attached hydrogen (secondary N) is 1. The first-order valence-corrected chi connectivity index (χ1v) is 8.97. The molecule has 1 atom stereocenters. The van der Waals surface area contributed by atoms with Gasteiger partial charge in [0, 0.05) is 11.6 Å². The van der Waals surface area contributed by atoms with Gasteiger partial charge in [0.2, 0.25) is 0 Å². The SMILES string of the molecule is CC(=O)c1ccc(OCC(=O)N[C@@H](C)c2nncn2C2CCCC2)cc1. The number of carbonyl (C=O) groups excluding carboxylic acids is 2. The third-order valence-electron chi connectivity index (χ3n) is 4.71. The third kappa shape index (κ3) is 4.28. The molecule has 1 aromatic carbocycles. The summed E-state index contributed by atoms with van der Waals surface area (Å²) >= 11 is 0. The van der Waals surface area contributed by atoms with Crippen molar-refractivity contribution in [2.75, 3.05) is 6.61 Å². The summed E-state index contributed by atoms with van der Waals surface area (Å²) in [4.78, 5) is 23.4. The molecular formula is C19H24N4O3. The Morgan fingerprint density at radius 3 is 2.62 bits per heavy atom. The van der Waals surface area contributed by atoms with Crippen molar-refractivity contribution in [3.8, 4) is 5.75 Å². The van der Waals surface area contributed by atoms with Crippen LogP contribution in [0.5, 0.6) is 5.75 Å². The standard InChI is InChI=1S/C19H24N4O3/c1-13(19-22-20-12-23(19)16-5-3-4-6-16)21-18(25)11-26-17-9-7-15(8-10-17)14(2)24/h7-10,12-13,16H,3-6,11H2,1-2H3,(H,21,25)/t13-/m0/s1. The van der Waals surface area contributed by atoms with Crippen molar-refractivity contribution in [1.29, 1.82) is 0 Å². The van der Waals surface area contributed by atoms with Crippen LogP contribution in [-0.2, 0) is 4.79 Å². The molecule has 26 heavy (non-hydrogen) atoms. The summed E-state index contributed by atoms with van der Waals surface area (Å²) in [7, 11) is 0. The summed E-state index contributed by atoms with van der Waals surface area (Å²) in [6, 6.07) is 6.92. The van der Waals surface area contributed by atoms with E-state index in [1.54, 1.807) is 30.6 Å². The van der Waals surface area contributed by atoms with Crippen molar-refractivity contribution in [2.24, 2.45) is 0 Å². The summed E-state index contributed by atoms with van der Waals surface area (Å²) in [5.74, 6) is 1.09. The fourth-order valence-electron chi connectivity index (χ4n) is 3.31. The summed E-state index contributed by atoms with van der Waals surface area (Å²) in [6.45, 7) is 3.31. The predicted molar refractivity (Wildman–Crippen MR) is 96.0 cm³/mol. The Kier molecular flexibility index (Phi) is 5.65. The van der Waals surface area contributed by atoms with Crippen molar-refractivity contribution >= 4 is 11.7 Å². The van der Waals surface area contributed by atoms with E-state index >= 15 is 0 Å². The highest BCUT2D eigenvalue weighted by Crippen LogP contribution is 2.31. The van der Waals surface area contributed by atoms with E-state index < -0.39 is 0 Å². The molecule has 1 aromatic heterocycles. The lowest BCUT2D eigenvalue weighted by Crippen LogP contribution is -2.33. The molecule has 1 aliphatic rings. The van der Waals surface area contributed by atoms with Gasteiger partial charge in [0.1, 0.15) is 12.1 Å². The van der Waals surface area contributed by atoms with Gasteiger partial charge >= 0.3 is 0 Å². The molecule has 2 aromatic rings. The quantitative estimate of drug-likeness (QED) is 0.771. The van der Waals surface area contributed by atoms with Crippen LogP contribution in [0.25, 0.3) is 0 Å². The van der Waals surface area contributed by atoms with Crippen molar-refractivity contribution in [1.82, 2.24) is 20.1 Å². The number of nitrogens with zero attached hydrogens (tertiary/aromatic N) is 3. The van der Waals surface area contributed by atoms with Crippen LogP contribution in [0.4, 0.5) is 0 Å². The summed E-state index contributed by atoms with van der Waals surface area (Å²) in [6.07, 6.45) is 6.45. The lowest BCUT2D eigenvalue weighted by atomic mass is 10.1. The molecule has 1 heterocycles. The zero-order valence-corrected chi connectivity index (χ0v) is 15.1. The van der Waals surface area contributed by atoms with Crippen molar-refractivity contribution in [3.05, 3.63) is 42.0 Å². The average molecular weight is 356 g/mol. The molecule has 1 fully saturated rings. The largest absolute Gasteiger partial charge is 0.484 e. The highest BCUT2D eigenvalue weighted by Gasteiger charge is 2.23. The second-order valence-corrected chi connectivity index (χ2v) is 6.69. The Hall–Kier alpha value is -2.70. The minimum absolute atomic E-state index is 0.00510. The van der Waals surface area contributed by atoms with Gasteiger partial charge < -0.3 is 14.6 Å². The van der Waals surface area contributed by atoms with Gasteiger partial charge in [0.25, 0.3) is 5.91 Å². The normalized spacial score (nSPS) is 15.6. The molecular weight excluding hydrogens is 332 g/mol. The highest BCUT2D eigenvalue weighted by atomic mass is 16.5. The maximum Gasteiger partial charge on any atom is 0.258 e. The second-order valence-electron chi connectivity index (χ2n) is 6.69. The van der Waals surface area contributed by atoms with Gasteiger partial charge in [-0.05, 0) is 51.0 Å². The van der Waals surface area contributed by atoms with Crippen LogP contribution >= 0.6 is 0 Å². The molecule has 0 aliphatic heterocycles. The van der Waals surface area contributed by atoms with Gasteiger partial charge in [0.05, 0.1) is 6.04 Å². The van der Waals surface area contributed by atoms with Crippen LogP contribution in [0.2, 0.25) is 0 Å². The van der Waals surface area contributed by atoms with Crippen LogP contribution < -0.4 is 10.1 Å². The van der Waals surface area contributed by atoms with Crippen LogP contribution in [0.15, 0.2) is 30.6 Å². The second kappa shape index (κ2) is 8.12. The number of aromatic nitrogens is 3. The molecule has 1 N–H and O–H groups in total. The van der Waals surface area contributed by atoms with Gasteiger partial charge in [-0.1, -0.05) is 12.8 Å². The van der Waals surface area contributed by atoms with Crippen LogP contribution in [0.1, 0.15) is 67.8 Å². The molecule has 0 spiro atoms. The van der Waals surface area contributed by atoms with Gasteiger partial charge in [0.15, 0.2) is 18.2 Å². The van der Waals surface area contributed by atoms with E-state index in [0.717, 1.165) is 18.7 Å². The Labute approximate surface area is 152 Å². The number of hydrogen-bond acceptors (Lipinski definition) is 5. The van der Waals surface area contributed by atoms with Gasteiger partial charge in [-0.3, -0.25) is 9.59 Å². The Morgan fingerprint density at radius 1 is 1.27 bits per heavy atom. The van der Waals surface area contributed by atoms with Gasteiger partial charge in [-0.25, -0.2) is 0 Å². The Morgan fingerprint density at radius 2 is 1.96 bits per heavy atom. The number of amides is 1. The van der Waals surface area contributed by atoms with Crippen LogP contribution in [0.3, 0.4) is 0 Å². The first-order valence-electron chi connectivity index (χ1n) is 8.97. The molecule has 1 amide bonds. The number of Topliss-reactive ketones (excluding diaryl/α,β-unsaturated/α-hetero) is 1. The third-order valence-corrected chi connectivity index (χ3v) is 4.71. The molecule has 1 aliphatic carbocycles. The van der Waals surface area contributed by atoms with E-state index in [2.05, 4.69) is 20.1 Å². The van der Waals surface area contributed by atoms with Gasteiger partial charge in [-0.2, -0.15) is 0 Å². The molecule has 7 heteroatoms. The van der Waals surface area contributed by atoms with E-state index in [1.165, 1.54) is 19.8 Å². The summed E-state index contributed by atoms with van der Waals surface area (Å²) in [5, 5.41) is 11.1.